The molecule has 5 N–H and O–H groups in total. The van der Waals surface area contributed by atoms with Crippen LogP contribution in [0.15, 0.2) is 11.0 Å². The van der Waals surface area contributed by atoms with E-state index in [-0.39, 0.29) is 38.2 Å². The van der Waals surface area contributed by atoms with Gasteiger partial charge >= 0.3 is 11.7 Å². The minimum Gasteiger partial charge on any atom is -0.469 e. The number of anilines is 1. The van der Waals surface area contributed by atoms with E-state index < -0.39 is 36.0 Å². The lowest BCUT2D eigenvalue weighted by molar-refractivity contribution is -0.166. The molecule has 0 aliphatic carbocycles. The predicted octanol–water partition coefficient (Wildman–Crippen LogP) is -1.43. The normalized spacial score (nSPS) is 21.2. The number of aliphatic hydroxyl groups excluding tert-OH is 2. The maximum absolute atomic E-state index is 12.1. The number of aromatic nitrogens is 2. The molecule has 1 aromatic rings. The average molecular weight is 414 g/mol. The molecule has 1 amide bonds. The number of esters is 1. The second kappa shape index (κ2) is 10.3. The van der Waals surface area contributed by atoms with Crippen LogP contribution in [0.2, 0.25) is 0 Å². The second-order valence-corrected chi connectivity index (χ2v) is 6.65. The quantitative estimate of drug-likeness (QED) is 0.213. The van der Waals surface area contributed by atoms with Crippen LogP contribution in [0.25, 0.3) is 0 Å². The van der Waals surface area contributed by atoms with Crippen LogP contribution in [0.5, 0.6) is 0 Å². The summed E-state index contributed by atoms with van der Waals surface area (Å²) in [7, 11) is 1.21. The number of carbonyl (C=O) groups is 2. The van der Waals surface area contributed by atoms with E-state index in [1.807, 2.05) is 0 Å². The fraction of sp³-hybridized carbons (Fsp3) is 0.647. The molecule has 0 aromatic carbocycles. The van der Waals surface area contributed by atoms with Crippen molar-refractivity contribution >= 4 is 17.7 Å². The van der Waals surface area contributed by atoms with Crippen LogP contribution in [0.1, 0.15) is 37.5 Å². The molecule has 0 bridgehead atoms. The number of nitrogen functional groups attached to an aromatic ring is 1. The molecule has 1 unspecified atom stereocenters. The van der Waals surface area contributed by atoms with Gasteiger partial charge in [-0.25, -0.2) is 9.86 Å². The number of aryl methyl sites for hydroxylation is 1. The van der Waals surface area contributed by atoms with Crippen molar-refractivity contribution in [1.82, 2.24) is 14.6 Å². The summed E-state index contributed by atoms with van der Waals surface area (Å²) in [6.45, 7) is -0.387. The molecule has 12 nitrogen and oxygen atoms in total. The first-order valence-electron chi connectivity index (χ1n) is 9.14. The third kappa shape index (κ3) is 5.97. The van der Waals surface area contributed by atoms with Crippen LogP contribution in [0, 0.1) is 0 Å². The second-order valence-electron chi connectivity index (χ2n) is 6.65. The summed E-state index contributed by atoms with van der Waals surface area (Å²) in [5, 5.41) is 29.3. The minimum atomic E-state index is -0.906. The summed E-state index contributed by atoms with van der Waals surface area (Å²) in [5.41, 5.74) is 5.65. The van der Waals surface area contributed by atoms with E-state index >= 15 is 0 Å². The highest BCUT2D eigenvalue weighted by atomic mass is 16.5. The van der Waals surface area contributed by atoms with Gasteiger partial charge in [-0.05, 0) is 12.8 Å². The average Bonchev–Trinajstić information content (AvgIpc) is 3.07. The third-order valence-electron chi connectivity index (χ3n) is 4.63. The molecular weight excluding hydrogens is 388 g/mol. The molecule has 1 aliphatic heterocycles. The van der Waals surface area contributed by atoms with Gasteiger partial charge in [0.05, 0.1) is 26.2 Å². The fourth-order valence-corrected chi connectivity index (χ4v) is 2.96. The molecule has 162 valence electrons. The van der Waals surface area contributed by atoms with E-state index in [0.717, 1.165) is 0 Å². The summed E-state index contributed by atoms with van der Waals surface area (Å²) >= 11 is 0. The highest BCUT2D eigenvalue weighted by Gasteiger charge is 2.35. The molecule has 0 spiro atoms. The van der Waals surface area contributed by atoms with Crippen LogP contribution in [-0.4, -0.2) is 74.4 Å². The molecule has 1 aromatic heterocycles. The Morgan fingerprint density at radius 3 is 2.79 bits per heavy atom. The molecule has 1 fully saturated rings. The zero-order valence-electron chi connectivity index (χ0n) is 16.1. The lowest BCUT2D eigenvalue weighted by Crippen LogP contribution is -2.30. The van der Waals surface area contributed by atoms with Crippen LogP contribution in [-0.2, 0) is 25.5 Å². The van der Waals surface area contributed by atoms with E-state index in [9.17, 15) is 29.8 Å². The van der Waals surface area contributed by atoms with Crippen molar-refractivity contribution in [2.24, 2.45) is 0 Å². The number of nitrogens with two attached hydrogens (primary N) is 1. The highest BCUT2D eigenvalue weighted by molar-refractivity contribution is 5.80. The third-order valence-corrected chi connectivity index (χ3v) is 4.63. The SMILES string of the molecule is COC(=O)CCC(=O)N(O)CCCc1cn([C@H]2CC(O)[C@@H](CO)O2)c(=O)nc1N. The van der Waals surface area contributed by atoms with Gasteiger partial charge in [0.15, 0.2) is 0 Å². The number of aliphatic hydroxyl groups is 2. The lowest BCUT2D eigenvalue weighted by atomic mass is 10.1. The van der Waals surface area contributed by atoms with Gasteiger partial charge in [0.1, 0.15) is 18.1 Å². The van der Waals surface area contributed by atoms with Crippen LogP contribution < -0.4 is 11.4 Å². The number of hydrogen-bond donors (Lipinski definition) is 4. The van der Waals surface area contributed by atoms with Gasteiger partial charge in [0.2, 0.25) is 5.91 Å². The number of methoxy groups -OCH3 is 1. The molecule has 2 rings (SSSR count). The van der Waals surface area contributed by atoms with E-state index in [1.165, 1.54) is 17.9 Å². The lowest BCUT2D eigenvalue weighted by Gasteiger charge is -2.17. The maximum Gasteiger partial charge on any atom is 0.351 e. The van der Waals surface area contributed by atoms with Crippen molar-refractivity contribution in [3.8, 4) is 0 Å². The monoisotopic (exact) mass is 414 g/mol. The summed E-state index contributed by atoms with van der Waals surface area (Å²) < 4.78 is 11.1. The standard InChI is InChI=1S/C17H26N4O8/c1-28-15(25)5-4-13(24)21(27)6-2-3-10-8-20(17(26)19-16(10)18)14-7-11(23)12(9-22)29-14/h8,11-12,14,22-23,27H,2-7,9H2,1H3,(H2,18,19,26)/t11?,12-,14-/m1/s1. The minimum absolute atomic E-state index is 0.0101. The van der Waals surface area contributed by atoms with Gasteiger partial charge in [-0.15, -0.1) is 0 Å². The number of hydroxylamine groups is 2. The Morgan fingerprint density at radius 2 is 2.17 bits per heavy atom. The number of rotatable bonds is 9. The van der Waals surface area contributed by atoms with Crippen LogP contribution in [0.3, 0.4) is 0 Å². The largest absolute Gasteiger partial charge is 0.469 e. The van der Waals surface area contributed by atoms with E-state index in [1.54, 1.807) is 0 Å². The van der Waals surface area contributed by atoms with Crippen molar-refractivity contribution in [3.05, 3.63) is 22.2 Å². The Labute approximate surface area is 166 Å². The smallest absolute Gasteiger partial charge is 0.351 e. The van der Waals surface area contributed by atoms with Crippen molar-refractivity contribution in [3.63, 3.8) is 0 Å². The first-order chi connectivity index (χ1) is 13.8. The van der Waals surface area contributed by atoms with Crippen molar-refractivity contribution in [2.75, 3.05) is 26.0 Å². The van der Waals surface area contributed by atoms with Crippen LogP contribution in [0.4, 0.5) is 5.82 Å². The maximum atomic E-state index is 12.1. The van der Waals surface area contributed by atoms with Gasteiger partial charge in [-0.2, -0.15) is 4.98 Å². The van der Waals surface area contributed by atoms with Gasteiger partial charge in [0.25, 0.3) is 0 Å². The molecule has 3 atom stereocenters. The molecule has 1 aliphatic rings. The van der Waals surface area contributed by atoms with E-state index in [4.69, 9.17) is 10.5 Å². The first-order valence-corrected chi connectivity index (χ1v) is 9.14. The Hall–Kier alpha value is -2.54. The molecule has 29 heavy (non-hydrogen) atoms. The topological polar surface area (TPSA) is 177 Å². The molecule has 0 radical (unpaired) electrons. The van der Waals surface area contributed by atoms with Crippen molar-refractivity contribution in [2.45, 2.75) is 50.5 Å². The highest BCUT2D eigenvalue weighted by Crippen LogP contribution is 2.28. The van der Waals surface area contributed by atoms with E-state index in [0.29, 0.717) is 23.5 Å². The van der Waals surface area contributed by atoms with Gasteiger partial charge in [-0.1, -0.05) is 0 Å². The molecule has 0 saturated carbocycles. The number of nitrogens with zero attached hydrogens (tertiary/aromatic N) is 3. The zero-order valence-corrected chi connectivity index (χ0v) is 16.1. The molecule has 1 saturated heterocycles. The summed E-state index contributed by atoms with van der Waals surface area (Å²) in [6.07, 6.45) is -0.574. The first kappa shape index (κ1) is 22.7. The number of amides is 1. The number of carbonyl (C=O) groups excluding carboxylic acids is 2. The summed E-state index contributed by atoms with van der Waals surface area (Å²) in [5.74, 6) is -1.14. The summed E-state index contributed by atoms with van der Waals surface area (Å²) in [4.78, 5) is 38.7. The van der Waals surface area contributed by atoms with Gasteiger partial charge in [0, 0.05) is 31.1 Å². The van der Waals surface area contributed by atoms with Gasteiger partial charge in [-0.3, -0.25) is 19.4 Å². The van der Waals surface area contributed by atoms with Crippen molar-refractivity contribution < 1.29 is 34.5 Å². The molecule has 2 heterocycles. The summed E-state index contributed by atoms with van der Waals surface area (Å²) in [6, 6.07) is 0. The molecule has 12 heteroatoms. The van der Waals surface area contributed by atoms with Crippen molar-refractivity contribution in [1.29, 1.82) is 0 Å². The predicted molar refractivity (Wildman–Crippen MR) is 97.6 cm³/mol. The Kier molecular flexibility index (Phi) is 8.08. The number of hydrogen-bond acceptors (Lipinski definition) is 10. The zero-order chi connectivity index (χ0) is 21.6. The Balaban J connectivity index is 1.95. The van der Waals surface area contributed by atoms with Gasteiger partial charge < -0.3 is 25.4 Å². The molecular formula is C17H26N4O8. The number of ether oxygens (including phenoxy) is 2. The van der Waals surface area contributed by atoms with Crippen LogP contribution >= 0.6 is 0 Å². The van der Waals surface area contributed by atoms with E-state index in [2.05, 4.69) is 9.72 Å². The Morgan fingerprint density at radius 1 is 1.45 bits per heavy atom. The Bertz CT molecular complexity index is 783. The fourth-order valence-electron chi connectivity index (χ4n) is 2.96.